The number of likely N-dealkylation sites (tertiary alicyclic amines) is 1. The Labute approximate surface area is 122 Å². The third-order valence-electron chi connectivity index (χ3n) is 3.97. The molecule has 0 atom stereocenters. The van der Waals surface area contributed by atoms with E-state index in [9.17, 15) is 0 Å². The fourth-order valence-corrected chi connectivity index (χ4v) is 2.79. The molecule has 0 radical (unpaired) electrons. The van der Waals surface area contributed by atoms with E-state index >= 15 is 0 Å². The van der Waals surface area contributed by atoms with Crippen molar-refractivity contribution >= 4 is 0 Å². The Bertz CT molecular complexity index is 397. The molecule has 1 aromatic rings. The molecule has 0 bridgehead atoms. The van der Waals surface area contributed by atoms with E-state index in [1.165, 1.54) is 11.4 Å². The van der Waals surface area contributed by atoms with E-state index in [-0.39, 0.29) is 0 Å². The van der Waals surface area contributed by atoms with Crippen LogP contribution in [0.5, 0.6) is 0 Å². The van der Waals surface area contributed by atoms with Gasteiger partial charge >= 0.3 is 0 Å². The normalized spacial score (nSPS) is 17.8. The lowest BCUT2D eigenvalue weighted by atomic mass is 10.1. The molecule has 1 fully saturated rings. The lowest BCUT2D eigenvalue weighted by molar-refractivity contribution is 0.00930. The molecule has 0 unspecified atom stereocenters. The van der Waals surface area contributed by atoms with Crippen LogP contribution in [0.1, 0.15) is 38.1 Å². The Hall–Kier alpha value is -0.910. The fourth-order valence-electron chi connectivity index (χ4n) is 2.79. The van der Waals surface area contributed by atoms with Crippen molar-refractivity contribution < 1.29 is 4.74 Å². The lowest BCUT2D eigenvalue weighted by Crippen LogP contribution is -2.37. The fraction of sp³-hybridized carbons (Fsp3) is 0.800. The Morgan fingerprint density at radius 1 is 1.35 bits per heavy atom. The van der Waals surface area contributed by atoms with Crippen molar-refractivity contribution in [1.29, 1.82) is 0 Å². The van der Waals surface area contributed by atoms with Gasteiger partial charge in [-0.2, -0.15) is 5.10 Å². The molecular formula is C15H28N4O. The molecule has 1 aliphatic rings. The summed E-state index contributed by atoms with van der Waals surface area (Å²) in [6.45, 7) is 9.78. The third-order valence-corrected chi connectivity index (χ3v) is 3.97. The van der Waals surface area contributed by atoms with Crippen LogP contribution in [0.3, 0.4) is 0 Å². The van der Waals surface area contributed by atoms with Gasteiger partial charge in [0.15, 0.2) is 0 Å². The van der Waals surface area contributed by atoms with Crippen LogP contribution in [0.25, 0.3) is 0 Å². The molecule has 0 spiro atoms. The summed E-state index contributed by atoms with van der Waals surface area (Å²) in [5.74, 6) is 0. The molecule has 0 aromatic carbocycles. The highest BCUT2D eigenvalue weighted by Gasteiger charge is 2.20. The summed E-state index contributed by atoms with van der Waals surface area (Å²) in [5.41, 5.74) is 8.01. The number of aromatic nitrogens is 2. The van der Waals surface area contributed by atoms with E-state index in [0.717, 1.165) is 45.4 Å². The van der Waals surface area contributed by atoms with Crippen molar-refractivity contribution in [1.82, 2.24) is 14.7 Å². The molecule has 0 saturated carbocycles. The SMILES string of the molecule is CCc1cc(CN2CCC(OCCN)CC2)n(CC)n1. The maximum Gasteiger partial charge on any atom is 0.0625 e. The van der Waals surface area contributed by atoms with Gasteiger partial charge in [-0.25, -0.2) is 0 Å². The Morgan fingerprint density at radius 2 is 2.10 bits per heavy atom. The van der Waals surface area contributed by atoms with Crippen LogP contribution in [0.15, 0.2) is 6.07 Å². The van der Waals surface area contributed by atoms with E-state index in [1.807, 2.05) is 0 Å². The summed E-state index contributed by atoms with van der Waals surface area (Å²) in [5, 5.41) is 4.62. The molecule has 20 heavy (non-hydrogen) atoms. The van der Waals surface area contributed by atoms with Crippen LogP contribution in [0, 0.1) is 0 Å². The third kappa shape index (κ3) is 4.04. The second-order valence-electron chi connectivity index (χ2n) is 5.43. The molecule has 5 nitrogen and oxygen atoms in total. The minimum atomic E-state index is 0.400. The minimum absolute atomic E-state index is 0.400. The smallest absolute Gasteiger partial charge is 0.0625 e. The van der Waals surface area contributed by atoms with Crippen molar-refractivity contribution in [2.45, 2.75) is 52.3 Å². The highest BCUT2D eigenvalue weighted by atomic mass is 16.5. The summed E-state index contributed by atoms with van der Waals surface area (Å²) in [7, 11) is 0. The van der Waals surface area contributed by atoms with Crippen LogP contribution < -0.4 is 5.73 Å². The van der Waals surface area contributed by atoms with Gasteiger partial charge in [0.05, 0.1) is 24.1 Å². The number of aryl methyl sites for hydroxylation is 2. The summed E-state index contributed by atoms with van der Waals surface area (Å²) in [6, 6.07) is 2.25. The Kier molecular flexibility index (Phi) is 6.01. The van der Waals surface area contributed by atoms with Gasteiger partial charge in [-0.3, -0.25) is 9.58 Å². The highest BCUT2D eigenvalue weighted by molar-refractivity contribution is 5.10. The molecule has 1 aliphatic heterocycles. The average Bonchev–Trinajstić information content (AvgIpc) is 2.88. The second-order valence-corrected chi connectivity index (χ2v) is 5.43. The molecule has 2 rings (SSSR count). The minimum Gasteiger partial charge on any atom is -0.377 e. The van der Waals surface area contributed by atoms with Gasteiger partial charge < -0.3 is 10.5 Å². The molecule has 2 heterocycles. The Balaban J connectivity index is 1.84. The quantitative estimate of drug-likeness (QED) is 0.820. The largest absolute Gasteiger partial charge is 0.377 e. The second kappa shape index (κ2) is 7.76. The topological polar surface area (TPSA) is 56.3 Å². The van der Waals surface area contributed by atoms with Crippen molar-refractivity contribution in [2.75, 3.05) is 26.2 Å². The van der Waals surface area contributed by atoms with E-state index in [2.05, 4.69) is 34.6 Å². The molecule has 114 valence electrons. The maximum atomic E-state index is 5.73. The summed E-state index contributed by atoms with van der Waals surface area (Å²) >= 11 is 0. The van der Waals surface area contributed by atoms with Gasteiger partial charge in [0.25, 0.3) is 0 Å². The zero-order chi connectivity index (χ0) is 14.4. The van der Waals surface area contributed by atoms with Gasteiger partial charge in [-0.1, -0.05) is 6.92 Å². The number of nitrogens with two attached hydrogens (primary N) is 1. The summed E-state index contributed by atoms with van der Waals surface area (Å²) in [4.78, 5) is 2.50. The van der Waals surface area contributed by atoms with Crippen molar-refractivity contribution in [3.63, 3.8) is 0 Å². The van der Waals surface area contributed by atoms with Gasteiger partial charge in [-0.15, -0.1) is 0 Å². The number of nitrogens with zero attached hydrogens (tertiary/aromatic N) is 3. The van der Waals surface area contributed by atoms with Gasteiger partial charge in [-0.05, 0) is 32.3 Å². The first kappa shape index (κ1) is 15.5. The van der Waals surface area contributed by atoms with Crippen LogP contribution in [0.2, 0.25) is 0 Å². The number of ether oxygens (including phenoxy) is 1. The lowest BCUT2D eigenvalue weighted by Gasteiger charge is -2.31. The molecule has 1 aromatic heterocycles. The average molecular weight is 280 g/mol. The van der Waals surface area contributed by atoms with E-state index < -0.39 is 0 Å². The van der Waals surface area contributed by atoms with Gasteiger partial charge in [0.2, 0.25) is 0 Å². The first-order valence-electron chi connectivity index (χ1n) is 7.86. The zero-order valence-corrected chi connectivity index (χ0v) is 12.8. The van der Waals surface area contributed by atoms with Crippen molar-refractivity contribution in [3.8, 4) is 0 Å². The predicted molar refractivity (Wildman–Crippen MR) is 80.6 cm³/mol. The first-order valence-corrected chi connectivity index (χ1v) is 7.86. The standard InChI is InChI=1S/C15H28N4O/c1-3-13-11-14(19(4-2)17-13)12-18-8-5-15(6-9-18)20-10-7-16/h11,15H,3-10,12,16H2,1-2H3. The molecule has 0 amide bonds. The zero-order valence-electron chi connectivity index (χ0n) is 12.8. The van der Waals surface area contributed by atoms with E-state index in [1.54, 1.807) is 0 Å². The monoisotopic (exact) mass is 280 g/mol. The molecule has 0 aliphatic carbocycles. The molecule has 2 N–H and O–H groups in total. The number of piperidine rings is 1. The number of rotatable bonds is 7. The van der Waals surface area contributed by atoms with Crippen LogP contribution in [-0.2, 0) is 24.2 Å². The van der Waals surface area contributed by atoms with Crippen molar-refractivity contribution in [3.05, 3.63) is 17.5 Å². The van der Waals surface area contributed by atoms with E-state index in [0.29, 0.717) is 19.3 Å². The number of hydrogen-bond acceptors (Lipinski definition) is 4. The van der Waals surface area contributed by atoms with Crippen molar-refractivity contribution in [2.24, 2.45) is 5.73 Å². The van der Waals surface area contributed by atoms with Crippen LogP contribution in [0.4, 0.5) is 0 Å². The van der Waals surface area contributed by atoms with Crippen LogP contribution in [-0.4, -0.2) is 47.0 Å². The van der Waals surface area contributed by atoms with Gasteiger partial charge in [0, 0.05) is 32.7 Å². The highest BCUT2D eigenvalue weighted by Crippen LogP contribution is 2.17. The summed E-state index contributed by atoms with van der Waals surface area (Å²) < 4.78 is 7.86. The maximum absolute atomic E-state index is 5.73. The molecular weight excluding hydrogens is 252 g/mol. The Morgan fingerprint density at radius 3 is 2.70 bits per heavy atom. The first-order chi connectivity index (χ1) is 9.76. The van der Waals surface area contributed by atoms with E-state index in [4.69, 9.17) is 10.5 Å². The number of hydrogen-bond donors (Lipinski definition) is 1. The predicted octanol–water partition coefficient (Wildman–Crippen LogP) is 1.41. The van der Waals surface area contributed by atoms with Gasteiger partial charge in [0.1, 0.15) is 0 Å². The molecule has 5 heteroatoms. The van der Waals surface area contributed by atoms with Crippen LogP contribution >= 0.6 is 0 Å². The molecule has 1 saturated heterocycles. The summed E-state index contributed by atoms with van der Waals surface area (Å²) in [6.07, 6.45) is 3.63.